The van der Waals surface area contributed by atoms with E-state index in [1.807, 2.05) is 0 Å². The van der Waals surface area contributed by atoms with Crippen LogP contribution in [0.5, 0.6) is 0 Å². The summed E-state index contributed by atoms with van der Waals surface area (Å²) in [7, 11) is 0. The predicted octanol–water partition coefficient (Wildman–Crippen LogP) is 15.2. The van der Waals surface area contributed by atoms with Gasteiger partial charge in [0.1, 0.15) is 0 Å². The molecule has 0 heteroatoms. The molecule has 0 aliphatic heterocycles. The fourth-order valence-electron chi connectivity index (χ4n) is 13.2. The number of fused-ring (bicyclic) bond motifs is 11. The summed E-state index contributed by atoms with van der Waals surface area (Å²) in [6, 6.07) is 65.5. The van der Waals surface area contributed by atoms with Crippen molar-refractivity contribution in [3.8, 4) is 55.6 Å². The Kier molecular flexibility index (Phi) is 8.06. The predicted molar refractivity (Wildman–Crippen MR) is 277 cm³/mol. The molecule has 0 aromatic heterocycles. The summed E-state index contributed by atoms with van der Waals surface area (Å²) in [5, 5.41) is 2.63. The molecule has 8 aromatic carbocycles. The van der Waals surface area contributed by atoms with Gasteiger partial charge in [-0.1, -0.05) is 206 Å². The number of allylic oxidation sites excluding steroid dienone is 4. The van der Waals surface area contributed by atoms with Gasteiger partial charge < -0.3 is 0 Å². The molecular formula is C66H54. The third kappa shape index (κ3) is 5.28. The van der Waals surface area contributed by atoms with Gasteiger partial charge in [0.2, 0.25) is 0 Å². The van der Waals surface area contributed by atoms with E-state index in [9.17, 15) is 0 Å². The van der Waals surface area contributed by atoms with E-state index in [1.165, 1.54) is 127 Å². The maximum absolute atomic E-state index is 2.54. The van der Waals surface area contributed by atoms with Gasteiger partial charge in [-0.25, -0.2) is 0 Å². The van der Waals surface area contributed by atoms with Gasteiger partial charge in [-0.05, 0) is 164 Å². The third-order valence-electron chi connectivity index (χ3n) is 16.8. The summed E-state index contributed by atoms with van der Waals surface area (Å²) < 4.78 is 0. The van der Waals surface area contributed by atoms with Crippen molar-refractivity contribution in [2.24, 2.45) is 5.41 Å². The molecule has 8 aromatic rings. The molecular weight excluding hydrogens is 793 g/mol. The highest BCUT2D eigenvalue weighted by Crippen LogP contribution is 2.55. The minimum Gasteiger partial charge on any atom is -0.0833 e. The molecule has 1 unspecified atom stereocenters. The van der Waals surface area contributed by atoms with Crippen LogP contribution < -0.4 is 10.4 Å². The summed E-state index contributed by atoms with van der Waals surface area (Å²) in [6.45, 7) is 16.8. The van der Waals surface area contributed by atoms with Crippen molar-refractivity contribution in [2.75, 3.05) is 0 Å². The third-order valence-corrected chi connectivity index (χ3v) is 16.8. The van der Waals surface area contributed by atoms with Crippen molar-refractivity contribution in [3.63, 3.8) is 0 Å². The fourth-order valence-corrected chi connectivity index (χ4v) is 13.2. The SMILES string of the molecule is CC12CC=CC=C1C(c1ccc3c(c1)C(C)(C)c1ccccc1-3)=c1cc(-c3ccc4c(c3)C(C)(C)c3ccccc3-4)ccc1=C2c1cccc(-c2ccc3c(c2)C(C)(C)c2ccccc2-3)c1. The molecule has 318 valence electrons. The molecule has 0 amide bonds. The molecule has 5 aliphatic carbocycles. The minimum atomic E-state index is -0.264. The van der Waals surface area contributed by atoms with E-state index >= 15 is 0 Å². The van der Waals surface area contributed by atoms with Gasteiger partial charge in [0.25, 0.3) is 0 Å². The summed E-state index contributed by atoms with van der Waals surface area (Å²) in [6.07, 6.45) is 8.05. The zero-order valence-corrected chi connectivity index (χ0v) is 39.1. The molecule has 0 saturated heterocycles. The maximum Gasteiger partial charge on any atom is 0.0227 e. The van der Waals surface area contributed by atoms with Crippen molar-refractivity contribution >= 4 is 11.1 Å². The highest BCUT2D eigenvalue weighted by Gasteiger charge is 2.42. The monoisotopic (exact) mass is 846 g/mol. The van der Waals surface area contributed by atoms with Crippen molar-refractivity contribution in [1.29, 1.82) is 0 Å². The van der Waals surface area contributed by atoms with E-state index in [-0.39, 0.29) is 21.7 Å². The first kappa shape index (κ1) is 39.4. The Hall–Kier alpha value is -7.02. The number of benzene rings is 8. The van der Waals surface area contributed by atoms with Crippen molar-refractivity contribution in [1.82, 2.24) is 0 Å². The molecule has 0 bridgehead atoms. The average Bonchev–Trinajstić information content (AvgIpc) is 3.82. The van der Waals surface area contributed by atoms with Gasteiger partial charge in [0.05, 0.1) is 0 Å². The van der Waals surface area contributed by atoms with E-state index in [0.717, 1.165) is 6.42 Å². The summed E-state index contributed by atoms with van der Waals surface area (Å²) in [5.41, 5.74) is 27.9. The topological polar surface area (TPSA) is 0 Å². The Morgan fingerprint density at radius 1 is 0.333 bits per heavy atom. The summed E-state index contributed by atoms with van der Waals surface area (Å²) in [4.78, 5) is 0. The standard InChI is InChI=1S/C66H54/c1-63(2)54-22-11-8-19-46(54)49-30-26-42(37-58(49)63)40-17-16-18-45(35-40)62-52-33-28-41(43-27-31-50-47-20-9-12-23-55(47)64(3,4)59(50)38-43)36-53(52)61(57-25-14-15-34-66(57,62)7)44-29-32-51-48-21-10-13-24-56(48)65(5,6)60(51)39-44/h8-33,35-39H,34H2,1-7H3. The first-order chi connectivity index (χ1) is 31.9. The first-order valence-corrected chi connectivity index (χ1v) is 24.0. The zero-order chi connectivity index (χ0) is 44.9. The normalized spacial score (nSPS) is 19.2. The van der Waals surface area contributed by atoms with Crippen molar-refractivity contribution in [3.05, 3.63) is 249 Å². The first-order valence-electron chi connectivity index (χ1n) is 24.0. The van der Waals surface area contributed by atoms with Crippen LogP contribution >= 0.6 is 0 Å². The van der Waals surface area contributed by atoms with E-state index in [4.69, 9.17) is 0 Å². The Labute approximate surface area is 390 Å². The number of hydrogen-bond acceptors (Lipinski definition) is 0. The van der Waals surface area contributed by atoms with Crippen LogP contribution in [0.4, 0.5) is 0 Å². The van der Waals surface area contributed by atoms with Crippen LogP contribution in [0.2, 0.25) is 0 Å². The Morgan fingerprint density at radius 3 is 1.30 bits per heavy atom. The van der Waals surface area contributed by atoms with E-state index < -0.39 is 0 Å². The molecule has 5 aliphatic rings. The number of rotatable bonds is 4. The molecule has 0 saturated carbocycles. The van der Waals surface area contributed by atoms with E-state index in [2.05, 4.69) is 237 Å². The lowest BCUT2D eigenvalue weighted by Gasteiger charge is -2.41. The van der Waals surface area contributed by atoms with Gasteiger partial charge in [-0.2, -0.15) is 0 Å². The van der Waals surface area contributed by atoms with Gasteiger partial charge >= 0.3 is 0 Å². The van der Waals surface area contributed by atoms with Crippen LogP contribution in [0, 0.1) is 5.41 Å². The van der Waals surface area contributed by atoms with Crippen LogP contribution in [0.25, 0.3) is 66.8 Å². The molecule has 1 atom stereocenters. The lowest BCUT2D eigenvalue weighted by molar-refractivity contribution is 0.547. The van der Waals surface area contributed by atoms with Gasteiger partial charge in [0.15, 0.2) is 0 Å². The summed E-state index contributed by atoms with van der Waals surface area (Å²) >= 11 is 0. The van der Waals surface area contributed by atoms with Crippen LogP contribution in [0.15, 0.2) is 194 Å². The molecule has 0 nitrogen and oxygen atoms in total. The van der Waals surface area contributed by atoms with Gasteiger partial charge in [0, 0.05) is 21.7 Å². The van der Waals surface area contributed by atoms with E-state index in [1.54, 1.807) is 0 Å². The second-order valence-corrected chi connectivity index (χ2v) is 21.4. The molecule has 0 N–H and O–H groups in total. The zero-order valence-electron chi connectivity index (χ0n) is 39.1. The molecule has 0 heterocycles. The smallest absolute Gasteiger partial charge is 0.0227 e. The van der Waals surface area contributed by atoms with E-state index in [0.29, 0.717) is 0 Å². The van der Waals surface area contributed by atoms with Gasteiger partial charge in [-0.3, -0.25) is 0 Å². The largest absolute Gasteiger partial charge is 0.0833 e. The highest BCUT2D eigenvalue weighted by atomic mass is 14.4. The fraction of sp³-hybridized carbons (Fsp3) is 0.182. The van der Waals surface area contributed by atoms with Crippen LogP contribution in [0.1, 0.15) is 99.4 Å². The number of hydrogen-bond donors (Lipinski definition) is 0. The Bertz CT molecular complexity index is 3650. The lowest BCUT2D eigenvalue weighted by Crippen LogP contribution is -2.42. The highest BCUT2D eigenvalue weighted by molar-refractivity contribution is 5.94. The Morgan fingerprint density at radius 2 is 0.758 bits per heavy atom. The molecule has 66 heavy (non-hydrogen) atoms. The molecule has 0 radical (unpaired) electrons. The maximum atomic E-state index is 2.54. The Balaban J connectivity index is 1.05. The summed E-state index contributed by atoms with van der Waals surface area (Å²) in [5.74, 6) is 0. The van der Waals surface area contributed by atoms with Crippen molar-refractivity contribution in [2.45, 2.75) is 71.1 Å². The minimum absolute atomic E-state index is 0.0592. The van der Waals surface area contributed by atoms with Gasteiger partial charge in [-0.15, -0.1) is 0 Å². The average molecular weight is 847 g/mol. The lowest BCUT2D eigenvalue weighted by atomic mass is 9.62. The van der Waals surface area contributed by atoms with Crippen LogP contribution in [-0.2, 0) is 16.2 Å². The second-order valence-electron chi connectivity index (χ2n) is 21.4. The quantitative estimate of drug-likeness (QED) is 0.166. The van der Waals surface area contributed by atoms with Crippen molar-refractivity contribution < 1.29 is 0 Å². The second kappa shape index (κ2) is 13.5. The van der Waals surface area contributed by atoms with Crippen LogP contribution in [-0.4, -0.2) is 0 Å². The van der Waals surface area contributed by atoms with Crippen LogP contribution in [0.3, 0.4) is 0 Å². The molecule has 0 spiro atoms. The molecule has 13 rings (SSSR count). The molecule has 0 fully saturated rings.